The van der Waals surface area contributed by atoms with Gasteiger partial charge in [-0.15, -0.1) is 0 Å². The maximum Gasteiger partial charge on any atom is 0.0412 e. The number of nitrogens with one attached hydrogen (secondary N) is 1. The molecule has 1 atom stereocenters. The molecule has 1 aliphatic heterocycles. The number of hydrogen-bond donors (Lipinski definition) is 1. The van der Waals surface area contributed by atoms with E-state index in [1.54, 1.807) is 0 Å². The molecule has 0 amide bonds. The van der Waals surface area contributed by atoms with Crippen LogP contribution in [-0.4, -0.2) is 24.7 Å². The van der Waals surface area contributed by atoms with E-state index in [4.69, 9.17) is 0 Å². The van der Waals surface area contributed by atoms with E-state index >= 15 is 0 Å². The molecular weight excluding hydrogens is 244 g/mol. The van der Waals surface area contributed by atoms with Gasteiger partial charge in [0.1, 0.15) is 0 Å². The summed E-state index contributed by atoms with van der Waals surface area (Å²) >= 11 is 0. The Morgan fingerprint density at radius 3 is 2.40 bits per heavy atom. The highest BCUT2D eigenvalue weighted by Gasteiger charge is 2.36. The first-order chi connectivity index (χ1) is 9.55. The number of anilines is 1. The van der Waals surface area contributed by atoms with Crippen molar-refractivity contribution in [2.24, 2.45) is 0 Å². The van der Waals surface area contributed by atoms with Gasteiger partial charge in [0.25, 0.3) is 0 Å². The minimum absolute atomic E-state index is 0.282. The first-order valence-corrected chi connectivity index (χ1v) is 8.14. The predicted molar refractivity (Wildman–Crippen MR) is 88.7 cm³/mol. The molecule has 0 aliphatic carbocycles. The van der Waals surface area contributed by atoms with Crippen LogP contribution in [0.4, 0.5) is 5.69 Å². The standard InChI is InChI=1S/C18H30N2/c1-6-16-12-19-18(7-2,8-3)13-20(16)17-10-9-14(4)15(5)11-17/h9-11,16,19H,6-8,12-13H2,1-5H3. The van der Waals surface area contributed by atoms with Crippen LogP contribution in [0, 0.1) is 13.8 Å². The molecule has 1 heterocycles. The van der Waals surface area contributed by atoms with Crippen molar-refractivity contribution in [2.45, 2.75) is 65.5 Å². The van der Waals surface area contributed by atoms with Crippen LogP contribution in [-0.2, 0) is 0 Å². The molecule has 1 saturated heterocycles. The van der Waals surface area contributed by atoms with Crippen LogP contribution in [0.3, 0.4) is 0 Å². The lowest BCUT2D eigenvalue weighted by Crippen LogP contribution is -2.64. The highest BCUT2D eigenvalue weighted by molar-refractivity contribution is 5.52. The number of nitrogens with zero attached hydrogens (tertiary/aromatic N) is 1. The van der Waals surface area contributed by atoms with Gasteiger partial charge < -0.3 is 10.2 Å². The normalized spacial score (nSPS) is 22.1. The smallest absolute Gasteiger partial charge is 0.0412 e. The highest BCUT2D eigenvalue weighted by Crippen LogP contribution is 2.29. The molecule has 1 aliphatic rings. The summed E-state index contributed by atoms with van der Waals surface area (Å²) in [5.74, 6) is 0. The van der Waals surface area contributed by atoms with Gasteiger partial charge in [-0.25, -0.2) is 0 Å². The number of hydrogen-bond acceptors (Lipinski definition) is 2. The number of rotatable bonds is 4. The van der Waals surface area contributed by atoms with Crippen LogP contribution in [0.25, 0.3) is 0 Å². The molecule has 1 aromatic carbocycles. The summed E-state index contributed by atoms with van der Waals surface area (Å²) in [6, 6.07) is 7.54. The lowest BCUT2D eigenvalue weighted by molar-refractivity contribution is 0.246. The quantitative estimate of drug-likeness (QED) is 0.891. The fourth-order valence-electron chi connectivity index (χ4n) is 3.25. The Morgan fingerprint density at radius 1 is 1.15 bits per heavy atom. The maximum absolute atomic E-state index is 3.82. The third-order valence-corrected chi connectivity index (χ3v) is 5.27. The molecule has 1 unspecified atom stereocenters. The van der Waals surface area contributed by atoms with E-state index in [1.165, 1.54) is 36.1 Å². The molecule has 1 aromatic rings. The summed E-state index contributed by atoms with van der Waals surface area (Å²) in [6.07, 6.45) is 3.59. The summed E-state index contributed by atoms with van der Waals surface area (Å²) < 4.78 is 0. The Balaban J connectivity index is 2.31. The third kappa shape index (κ3) is 2.85. The van der Waals surface area contributed by atoms with Gasteiger partial charge in [-0.3, -0.25) is 0 Å². The molecule has 0 radical (unpaired) electrons. The summed E-state index contributed by atoms with van der Waals surface area (Å²) in [7, 11) is 0. The van der Waals surface area contributed by atoms with E-state index < -0.39 is 0 Å². The van der Waals surface area contributed by atoms with Gasteiger partial charge >= 0.3 is 0 Å². The second-order valence-electron chi connectivity index (χ2n) is 6.33. The summed E-state index contributed by atoms with van der Waals surface area (Å²) in [6.45, 7) is 13.5. The summed E-state index contributed by atoms with van der Waals surface area (Å²) in [4.78, 5) is 2.63. The molecule has 2 nitrogen and oxygen atoms in total. The lowest BCUT2D eigenvalue weighted by atomic mass is 9.87. The van der Waals surface area contributed by atoms with E-state index in [0.717, 1.165) is 13.1 Å². The monoisotopic (exact) mass is 274 g/mol. The fourth-order valence-corrected chi connectivity index (χ4v) is 3.25. The Hall–Kier alpha value is -1.02. The molecule has 0 spiro atoms. The average molecular weight is 274 g/mol. The number of benzene rings is 1. The molecule has 1 N–H and O–H groups in total. The van der Waals surface area contributed by atoms with Gasteiger partial charge in [0.15, 0.2) is 0 Å². The SMILES string of the molecule is CCC1CNC(CC)(CC)CN1c1ccc(C)c(C)c1. The van der Waals surface area contributed by atoms with Crippen molar-refractivity contribution in [1.82, 2.24) is 5.32 Å². The van der Waals surface area contributed by atoms with Crippen molar-refractivity contribution in [2.75, 3.05) is 18.0 Å². The van der Waals surface area contributed by atoms with Crippen molar-refractivity contribution >= 4 is 5.69 Å². The van der Waals surface area contributed by atoms with E-state index in [-0.39, 0.29) is 5.54 Å². The molecule has 112 valence electrons. The van der Waals surface area contributed by atoms with Crippen LogP contribution >= 0.6 is 0 Å². The van der Waals surface area contributed by atoms with Gasteiger partial charge in [0, 0.05) is 30.4 Å². The first kappa shape index (κ1) is 15.4. The van der Waals surface area contributed by atoms with Crippen molar-refractivity contribution in [1.29, 1.82) is 0 Å². The molecular formula is C18H30N2. The lowest BCUT2D eigenvalue weighted by Gasteiger charge is -2.48. The van der Waals surface area contributed by atoms with Crippen LogP contribution in [0.1, 0.15) is 51.2 Å². The van der Waals surface area contributed by atoms with E-state index in [0.29, 0.717) is 6.04 Å². The first-order valence-electron chi connectivity index (χ1n) is 8.14. The van der Waals surface area contributed by atoms with Gasteiger partial charge in [-0.1, -0.05) is 26.8 Å². The van der Waals surface area contributed by atoms with Crippen LogP contribution in [0.2, 0.25) is 0 Å². The maximum atomic E-state index is 3.82. The van der Waals surface area contributed by atoms with Gasteiger partial charge in [0.05, 0.1) is 0 Å². The molecule has 0 bridgehead atoms. The Kier molecular flexibility index (Phi) is 4.74. The highest BCUT2D eigenvalue weighted by atomic mass is 15.3. The van der Waals surface area contributed by atoms with Crippen molar-refractivity contribution < 1.29 is 0 Å². The zero-order valence-corrected chi connectivity index (χ0v) is 13.8. The van der Waals surface area contributed by atoms with Crippen LogP contribution in [0.5, 0.6) is 0 Å². The summed E-state index contributed by atoms with van der Waals surface area (Å²) in [5.41, 5.74) is 4.46. The average Bonchev–Trinajstić information content (AvgIpc) is 2.49. The molecule has 2 rings (SSSR count). The van der Waals surface area contributed by atoms with Crippen LogP contribution in [0.15, 0.2) is 18.2 Å². The zero-order valence-electron chi connectivity index (χ0n) is 13.8. The minimum atomic E-state index is 0.282. The molecule has 20 heavy (non-hydrogen) atoms. The minimum Gasteiger partial charge on any atom is -0.365 e. The fraction of sp³-hybridized carbons (Fsp3) is 0.667. The number of aryl methyl sites for hydroxylation is 2. The molecule has 0 saturated carbocycles. The van der Waals surface area contributed by atoms with Crippen molar-refractivity contribution in [3.63, 3.8) is 0 Å². The molecule has 1 fully saturated rings. The van der Waals surface area contributed by atoms with Gasteiger partial charge in [-0.05, 0) is 56.4 Å². The predicted octanol–water partition coefficient (Wildman–Crippen LogP) is 4.05. The summed E-state index contributed by atoms with van der Waals surface area (Å²) in [5, 5.41) is 3.82. The third-order valence-electron chi connectivity index (χ3n) is 5.27. The van der Waals surface area contributed by atoms with Crippen molar-refractivity contribution in [3.8, 4) is 0 Å². The van der Waals surface area contributed by atoms with E-state index in [1.807, 2.05) is 0 Å². The number of piperazine rings is 1. The Labute approximate surface area is 124 Å². The van der Waals surface area contributed by atoms with E-state index in [2.05, 4.69) is 63.0 Å². The second kappa shape index (κ2) is 6.17. The zero-order chi connectivity index (χ0) is 14.8. The van der Waals surface area contributed by atoms with Crippen molar-refractivity contribution in [3.05, 3.63) is 29.3 Å². The van der Waals surface area contributed by atoms with Gasteiger partial charge in [-0.2, -0.15) is 0 Å². The molecule has 2 heteroatoms. The molecule has 0 aromatic heterocycles. The van der Waals surface area contributed by atoms with E-state index in [9.17, 15) is 0 Å². The topological polar surface area (TPSA) is 15.3 Å². The second-order valence-corrected chi connectivity index (χ2v) is 6.33. The largest absolute Gasteiger partial charge is 0.365 e. The van der Waals surface area contributed by atoms with Crippen LogP contribution < -0.4 is 10.2 Å². The Morgan fingerprint density at radius 2 is 1.85 bits per heavy atom. The van der Waals surface area contributed by atoms with Gasteiger partial charge in [0.2, 0.25) is 0 Å². The Bertz CT molecular complexity index is 449.